The maximum Gasteiger partial charge on any atom is 0.195 e. The molecule has 2 fully saturated rings. The van der Waals surface area contributed by atoms with Gasteiger partial charge in [0.25, 0.3) is 0 Å². The van der Waals surface area contributed by atoms with Crippen molar-refractivity contribution in [3.63, 3.8) is 0 Å². The fraction of sp³-hybridized carbons (Fsp3) is 0.500. The maximum absolute atomic E-state index is 13.9. The SMILES string of the molecule is CC(C)Oc1cc2c(cc1C1CCN(C3CCC3)CC1)C(C)(C)c1[nH]c3cc(N)ccc3c1C2=O. The van der Waals surface area contributed by atoms with Crippen molar-refractivity contribution in [1.29, 1.82) is 0 Å². The van der Waals surface area contributed by atoms with E-state index in [0.29, 0.717) is 11.6 Å². The van der Waals surface area contributed by atoms with Gasteiger partial charge in [-0.15, -0.1) is 0 Å². The molecule has 0 unspecified atom stereocenters. The van der Waals surface area contributed by atoms with Crippen LogP contribution in [0.5, 0.6) is 5.75 Å². The van der Waals surface area contributed by atoms with E-state index in [0.717, 1.165) is 71.0 Å². The second-order valence-electron chi connectivity index (χ2n) is 11.6. The van der Waals surface area contributed by atoms with Gasteiger partial charge in [-0.2, -0.15) is 0 Å². The van der Waals surface area contributed by atoms with Gasteiger partial charge in [-0.1, -0.05) is 32.4 Å². The predicted octanol–water partition coefficient (Wildman–Crippen LogP) is 6.14. The number of piperidine rings is 1. The molecule has 0 spiro atoms. The number of aromatic nitrogens is 1. The number of benzene rings is 2. The molecule has 1 saturated heterocycles. The van der Waals surface area contributed by atoms with E-state index in [4.69, 9.17) is 10.5 Å². The molecule has 6 rings (SSSR count). The molecule has 1 aliphatic heterocycles. The predicted molar refractivity (Wildman–Crippen MR) is 142 cm³/mol. The number of likely N-dealkylation sites (tertiary alicyclic amines) is 1. The Morgan fingerprint density at radius 1 is 1.09 bits per heavy atom. The Kier molecular flexibility index (Phi) is 5.26. The molecule has 0 bridgehead atoms. The Bertz CT molecular complexity index is 1310. The number of hydrogen-bond donors (Lipinski definition) is 2. The minimum atomic E-state index is -0.329. The number of nitrogens with one attached hydrogen (secondary N) is 1. The molecule has 0 atom stereocenters. The van der Waals surface area contributed by atoms with Gasteiger partial charge in [0.15, 0.2) is 5.78 Å². The normalized spacial score (nSPS) is 20.7. The second-order valence-corrected chi connectivity index (χ2v) is 11.6. The Labute approximate surface area is 208 Å². The molecular formula is C30H37N3O2. The van der Waals surface area contributed by atoms with Crippen molar-refractivity contribution in [3.8, 4) is 5.75 Å². The van der Waals surface area contributed by atoms with Crippen LogP contribution in [0.4, 0.5) is 5.69 Å². The Morgan fingerprint density at radius 2 is 1.83 bits per heavy atom. The van der Waals surface area contributed by atoms with Crippen LogP contribution in [0.15, 0.2) is 30.3 Å². The van der Waals surface area contributed by atoms with Gasteiger partial charge < -0.3 is 20.4 Å². The number of nitrogens with zero attached hydrogens (tertiary/aromatic N) is 1. The van der Waals surface area contributed by atoms with Crippen molar-refractivity contribution in [1.82, 2.24) is 9.88 Å². The third-order valence-electron chi connectivity index (χ3n) is 8.67. The van der Waals surface area contributed by atoms with E-state index < -0.39 is 0 Å². The molecular weight excluding hydrogens is 434 g/mol. The van der Waals surface area contributed by atoms with Crippen LogP contribution in [0, 0.1) is 0 Å². The summed E-state index contributed by atoms with van der Waals surface area (Å²) in [5, 5.41) is 0.941. The number of aromatic amines is 1. The molecule has 0 radical (unpaired) electrons. The molecule has 5 heteroatoms. The van der Waals surface area contributed by atoms with Gasteiger partial charge in [-0.05, 0) is 87.9 Å². The lowest BCUT2D eigenvalue weighted by Crippen LogP contribution is -2.44. The van der Waals surface area contributed by atoms with Gasteiger partial charge in [0.05, 0.1) is 11.7 Å². The lowest BCUT2D eigenvalue weighted by molar-refractivity contribution is 0.0966. The minimum Gasteiger partial charge on any atom is -0.491 e. The van der Waals surface area contributed by atoms with Gasteiger partial charge in [-0.25, -0.2) is 0 Å². The molecule has 3 aromatic rings. The van der Waals surface area contributed by atoms with E-state index >= 15 is 0 Å². The van der Waals surface area contributed by atoms with E-state index in [-0.39, 0.29) is 17.3 Å². The van der Waals surface area contributed by atoms with Crippen LogP contribution in [-0.4, -0.2) is 40.9 Å². The highest BCUT2D eigenvalue weighted by molar-refractivity contribution is 6.20. The van der Waals surface area contributed by atoms with Crippen LogP contribution >= 0.6 is 0 Å². The Hall–Kier alpha value is -2.79. The lowest BCUT2D eigenvalue weighted by Gasteiger charge is -2.42. The highest BCUT2D eigenvalue weighted by Gasteiger charge is 2.41. The zero-order chi connectivity index (χ0) is 24.5. The van der Waals surface area contributed by atoms with Crippen LogP contribution in [0.1, 0.15) is 98.5 Å². The quantitative estimate of drug-likeness (QED) is 0.448. The largest absolute Gasteiger partial charge is 0.491 e. The zero-order valence-electron chi connectivity index (χ0n) is 21.4. The third-order valence-corrected chi connectivity index (χ3v) is 8.67. The fourth-order valence-electron chi connectivity index (χ4n) is 6.49. The van der Waals surface area contributed by atoms with Crippen molar-refractivity contribution in [3.05, 3.63) is 58.3 Å². The molecule has 184 valence electrons. The first kappa shape index (κ1) is 22.7. The monoisotopic (exact) mass is 471 g/mol. The summed E-state index contributed by atoms with van der Waals surface area (Å²) < 4.78 is 6.37. The molecule has 1 saturated carbocycles. The van der Waals surface area contributed by atoms with E-state index in [9.17, 15) is 4.79 Å². The molecule has 35 heavy (non-hydrogen) atoms. The van der Waals surface area contributed by atoms with Gasteiger partial charge in [-0.3, -0.25) is 4.79 Å². The fourth-order valence-corrected chi connectivity index (χ4v) is 6.49. The number of ketones is 1. The maximum atomic E-state index is 13.9. The zero-order valence-corrected chi connectivity index (χ0v) is 21.4. The van der Waals surface area contributed by atoms with Gasteiger partial charge in [0.2, 0.25) is 0 Å². The number of hydrogen-bond acceptors (Lipinski definition) is 4. The number of nitrogens with two attached hydrogens (primary N) is 1. The van der Waals surface area contributed by atoms with Crippen molar-refractivity contribution in [2.45, 2.75) is 83.3 Å². The first-order chi connectivity index (χ1) is 16.7. The van der Waals surface area contributed by atoms with Crippen molar-refractivity contribution >= 4 is 22.4 Å². The average molecular weight is 472 g/mol. The molecule has 5 nitrogen and oxygen atoms in total. The van der Waals surface area contributed by atoms with Crippen molar-refractivity contribution in [2.75, 3.05) is 18.8 Å². The Balaban J connectivity index is 1.44. The number of nitrogen functional groups attached to an aromatic ring is 1. The molecule has 2 aliphatic carbocycles. The number of fused-ring (bicyclic) bond motifs is 4. The van der Waals surface area contributed by atoms with Crippen LogP contribution in [0.3, 0.4) is 0 Å². The van der Waals surface area contributed by atoms with Crippen LogP contribution in [0.2, 0.25) is 0 Å². The van der Waals surface area contributed by atoms with E-state index in [2.05, 4.69) is 43.6 Å². The highest BCUT2D eigenvalue weighted by atomic mass is 16.5. The summed E-state index contributed by atoms with van der Waals surface area (Å²) in [7, 11) is 0. The number of H-pyrrole nitrogens is 1. The van der Waals surface area contributed by atoms with Gasteiger partial charge in [0, 0.05) is 39.3 Å². The third kappa shape index (κ3) is 3.58. The van der Waals surface area contributed by atoms with Crippen LogP contribution < -0.4 is 10.5 Å². The first-order valence-electron chi connectivity index (χ1n) is 13.3. The molecule has 3 N–H and O–H groups in total. The number of carbonyl (C=O) groups is 1. The van der Waals surface area contributed by atoms with E-state index in [1.165, 1.54) is 24.8 Å². The molecule has 3 aliphatic rings. The number of carbonyl (C=O) groups excluding carboxylic acids is 1. The molecule has 2 aromatic carbocycles. The molecule has 0 amide bonds. The summed E-state index contributed by atoms with van der Waals surface area (Å²) in [6, 6.07) is 10.9. The summed E-state index contributed by atoms with van der Waals surface area (Å²) in [5.74, 6) is 1.42. The first-order valence-corrected chi connectivity index (χ1v) is 13.3. The van der Waals surface area contributed by atoms with Crippen molar-refractivity contribution < 1.29 is 9.53 Å². The molecule has 2 heterocycles. The second kappa shape index (κ2) is 8.12. The van der Waals surface area contributed by atoms with Crippen LogP contribution in [-0.2, 0) is 5.41 Å². The summed E-state index contributed by atoms with van der Waals surface area (Å²) >= 11 is 0. The van der Waals surface area contributed by atoms with E-state index in [1.54, 1.807) is 0 Å². The van der Waals surface area contributed by atoms with Gasteiger partial charge in [0.1, 0.15) is 5.75 Å². The topological polar surface area (TPSA) is 71.3 Å². The number of anilines is 1. The van der Waals surface area contributed by atoms with Crippen molar-refractivity contribution in [2.24, 2.45) is 0 Å². The summed E-state index contributed by atoms with van der Waals surface area (Å²) in [6.45, 7) is 10.9. The average Bonchev–Trinajstić information content (AvgIpc) is 3.16. The van der Waals surface area contributed by atoms with Crippen LogP contribution in [0.25, 0.3) is 10.9 Å². The Morgan fingerprint density at radius 3 is 2.49 bits per heavy atom. The minimum absolute atomic E-state index is 0.0557. The standard InChI is InChI=1S/C30H37N3O2/c1-17(2)35-26-16-23-24(15-22(26)18-10-12-33(13-11-18)20-6-5-7-20)30(3,4)29-27(28(23)34)21-9-8-19(31)14-25(21)32-29/h8-9,14-18,20,32H,5-7,10-13,31H2,1-4H3. The van der Waals surface area contributed by atoms with Gasteiger partial charge >= 0.3 is 0 Å². The molecule has 1 aromatic heterocycles. The number of rotatable bonds is 4. The number of ether oxygens (including phenoxy) is 1. The summed E-state index contributed by atoms with van der Waals surface area (Å²) in [5.41, 5.74) is 12.2. The summed E-state index contributed by atoms with van der Waals surface area (Å²) in [4.78, 5) is 20.2. The summed E-state index contributed by atoms with van der Waals surface area (Å²) in [6.07, 6.45) is 6.46. The highest BCUT2D eigenvalue weighted by Crippen LogP contribution is 2.48. The lowest BCUT2D eigenvalue weighted by atomic mass is 9.70. The van der Waals surface area contributed by atoms with E-state index in [1.807, 2.05) is 24.3 Å². The smallest absolute Gasteiger partial charge is 0.195 e.